The molecule has 0 aromatic heterocycles. The molecule has 5 nitrogen and oxygen atoms in total. The minimum Gasteiger partial charge on any atom is -1.00 e. The van der Waals surface area contributed by atoms with Gasteiger partial charge in [-0.25, -0.2) is 0 Å². The Balaban J connectivity index is -0.0000000833. The van der Waals surface area contributed by atoms with E-state index in [-0.39, 0.29) is 47.0 Å². The van der Waals surface area contributed by atoms with Crippen LogP contribution in [0.15, 0.2) is 0 Å². The van der Waals surface area contributed by atoms with Gasteiger partial charge in [-0.1, -0.05) is 0 Å². The van der Waals surface area contributed by atoms with Crippen molar-refractivity contribution < 1.29 is 64.7 Å². The maximum atomic E-state index is 10.6. The first-order valence-electron chi connectivity index (χ1n) is 2.89. The molecule has 0 aromatic rings. The van der Waals surface area contributed by atoms with Gasteiger partial charge in [-0.05, 0) is 0 Å². The Morgan fingerprint density at radius 2 is 1.69 bits per heavy atom. The number of hydrogen-bond donors (Lipinski definition) is 2. The number of carbonyl (C=O) groups is 2. The summed E-state index contributed by atoms with van der Waals surface area (Å²) in [4.78, 5) is 29.1. The molecule has 2 N–H and O–H groups in total. The quantitative estimate of drug-likeness (QED) is 0.345. The third-order valence-electron chi connectivity index (χ3n) is 1.02. The third kappa shape index (κ3) is 10.4. The van der Waals surface area contributed by atoms with E-state index in [1.54, 1.807) is 0 Å². The summed E-state index contributed by atoms with van der Waals surface area (Å²) in [6.45, 7) is 0.900. The van der Waals surface area contributed by atoms with Crippen LogP contribution in [-0.4, -0.2) is 28.2 Å². The average molecular weight is 196 g/mol. The van der Waals surface area contributed by atoms with Gasteiger partial charge in [0.05, 0.1) is 6.42 Å². The molecule has 8 heteroatoms. The molecule has 0 saturated heterocycles. The van der Waals surface area contributed by atoms with Crippen LogP contribution in [-0.2, 0) is 14.2 Å². The third-order valence-corrected chi connectivity index (χ3v) is 2.16. The SMILES string of the molecule is CP(=O)(O)C(=O)CCC(=O)O.[H-].[H-].[Li+].[Li+]. The van der Waals surface area contributed by atoms with Gasteiger partial charge >= 0.3 is 43.7 Å². The second-order valence-electron chi connectivity index (χ2n) is 2.17. The van der Waals surface area contributed by atoms with Crippen LogP contribution in [0.25, 0.3) is 0 Å². The van der Waals surface area contributed by atoms with E-state index in [1.165, 1.54) is 0 Å². The number of carboxylic acid groups (broad SMARTS) is 1. The van der Waals surface area contributed by atoms with Gasteiger partial charge in [-0.15, -0.1) is 0 Å². The van der Waals surface area contributed by atoms with E-state index in [9.17, 15) is 14.2 Å². The minimum atomic E-state index is -3.72. The molecule has 0 amide bonds. The average Bonchev–Trinajstić information content (AvgIpc) is 1.80. The molecule has 0 fully saturated rings. The molecule has 0 bridgehead atoms. The maximum Gasteiger partial charge on any atom is 1.00 e. The van der Waals surface area contributed by atoms with E-state index in [4.69, 9.17) is 10.00 Å². The van der Waals surface area contributed by atoms with Gasteiger partial charge in [0.1, 0.15) is 0 Å². The summed E-state index contributed by atoms with van der Waals surface area (Å²) in [5.74, 6) is -1.15. The van der Waals surface area contributed by atoms with E-state index in [2.05, 4.69) is 0 Å². The molecular formula is C5H11Li2O5P. The summed E-state index contributed by atoms with van der Waals surface area (Å²) in [6, 6.07) is 0. The van der Waals surface area contributed by atoms with Crippen molar-refractivity contribution in [3.8, 4) is 0 Å². The summed E-state index contributed by atoms with van der Waals surface area (Å²) in [7, 11) is -3.72. The van der Waals surface area contributed by atoms with Crippen molar-refractivity contribution in [3.63, 3.8) is 0 Å². The van der Waals surface area contributed by atoms with Crippen LogP contribution in [0, 0.1) is 0 Å². The summed E-state index contributed by atoms with van der Waals surface area (Å²) in [5.41, 5.74) is -0.889. The Bertz CT molecular complexity index is 231. The first-order chi connectivity index (χ1) is 4.84. The first-order valence-corrected chi connectivity index (χ1v) is 5.00. The van der Waals surface area contributed by atoms with Gasteiger partial charge in [0.25, 0.3) is 7.37 Å². The Hall–Kier alpha value is 0.525. The van der Waals surface area contributed by atoms with Crippen LogP contribution in [0.4, 0.5) is 0 Å². The topological polar surface area (TPSA) is 91.7 Å². The summed E-state index contributed by atoms with van der Waals surface area (Å²) in [6.07, 6.45) is -0.767. The first kappa shape index (κ1) is 19.2. The van der Waals surface area contributed by atoms with Gasteiger partial charge in [0, 0.05) is 13.1 Å². The minimum absolute atomic E-state index is 0. The van der Waals surface area contributed by atoms with Gasteiger partial charge in [0.2, 0.25) is 5.52 Å². The zero-order valence-electron chi connectivity index (χ0n) is 9.98. The number of rotatable bonds is 4. The van der Waals surface area contributed by atoms with E-state index in [0.29, 0.717) is 0 Å². The van der Waals surface area contributed by atoms with E-state index in [1.807, 2.05) is 0 Å². The summed E-state index contributed by atoms with van der Waals surface area (Å²) >= 11 is 0. The molecule has 0 aliphatic carbocycles. The van der Waals surface area contributed by atoms with Gasteiger partial charge < -0.3 is 12.9 Å². The van der Waals surface area contributed by atoms with Crippen molar-refractivity contribution in [2.75, 3.05) is 6.66 Å². The second-order valence-corrected chi connectivity index (χ2v) is 4.42. The molecular weight excluding hydrogens is 185 g/mol. The van der Waals surface area contributed by atoms with Gasteiger partial charge in [-0.2, -0.15) is 0 Å². The number of carboxylic acids is 1. The molecule has 0 heterocycles. The van der Waals surface area contributed by atoms with Crippen LogP contribution in [0.5, 0.6) is 0 Å². The van der Waals surface area contributed by atoms with Crippen LogP contribution in [0.1, 0.15) is 15.7 Å². The molecule has 13 heavy (non-hydrogen) atoms. The van der Waals surface area contributed by atoms with Crippen molar-refractivity contribution in [2.45, 2.75) is 12.8 Å². The van der Waals surface area contributed by atoms with Crippen LogP contribution in [0.3, 0.4) is 0 Å². The number of carbonyl (C=O) groups excluding carboxylic acids is 1. The number of aliphatic carboxylic acids is 1. The molecule has 1 unspecified atom stereocenters. The van der Waals surface area contributed by atoms with E-state index >= 15 is 0 Å². The zero-order valence-corrected chi connectivity index (χ0v) is 8.88. The monoisotopic (exact) mass is 196 g/mol. The fourth-order valence-corrected chi connectivity index (χ4v) is 0.948. The van der Waals surface area contributed by atoms with Crippen LogP contribution < -0.4 is 37.7 Å². The maximum absolute atomic E-state index is 10.6. The molecule has 0 radical (unpaired) electrons. The normalized spacial score (nSPS) is 13.1. The van der Waals surface area contributed by atoms with Crippen molar-refractivity contribution in [3.05, 3.63) is 0 Å². The largest absolute Gasteiger partial charge is 1.00 e. The molecule has 68 valence electrons. The Morgan fingerprint density at radius 3 is 1.92 bits per heavy atom. The molecule has 1 atom stereocenters. The zero-order chi connectivity index (χ0) is 9.07. The van der Waals surface area contributed by atoms with Crippen LogP contribution >= 0.6 is 7.37 Å². The molecule has 0 rings (SSSR count). The van der Waals surface area contributed by atoms with E-state index < -0.39 is 25.3 Å². The van der Waals surface area contributed by atoms with Gasteiger partial charge in [-0.3, -0.25) is 14.2 Å². The fraction of sp³-hybridized carbons (Fsp3) is 0.600. The van der Waals surface area contributed by atoms with Crippen molar-refractivity contribution >= 4 is 18.9 Å². The van der Waals surface area contributed by atoms with Crippen LogP contribution in [0.2, 0.25) is 0 Å². The second kappa shape index (κ2) is 7.89. The van der Waals surface area contributed by atoms with Crippen molar-refractivity contribution in [2.24, 2.45) is 0 Å². The smallest absolute Gasteiger partial charge is 1.00 e. The predicted octanol–water partition coefficient (Wildman–Crippen LogP) is -5.49. The standard InChI is InChI=1S/C5H9O5P.2Li.2H/c1-11(9,10)5(8)3-2-4(6)7;;;;/h2-3H2,1H3,(H,6,7)(H,9,10);;;;/q;2*+1;2*-1. The molecule has 0 aliphatic rings. The summed E-state index contributed by atoms with van der Waals surface area (Å²) < 4.78 is 10.5. The molecule has 0 spiro atoms. The van der Waals surface area contributed by atoms with E-state index in [0.717, 1.165) is 6.66 Å². The predicted molar refractivity (Wildman–Crippen MR) is 39.9 cm³/mol. The Labute approximate surface area is 103 Å². The number of hydrogen-bond acceptors (Lipinski definition) is 3. The molecule has 0 aliphatic heterocycles. The summed E-state index contributed by atoms with van der Waals surface area (Å²) in [5, 5.41) is 8.10. The Kier molecular flexibility index (Phi) is 11.6. The Morgan fingerprint density at radius 1 is 1.31 bits per heavy atom. The van der Waals surface area contributed by atoms with Crippen molar-refractivity contribution in [1.29, 1.82) is 0 Å². The molecule has 0 saturated carbocycles. The molecule has 0 aromatic carbocycles. The fourth-order valence-electron chi connectivity index (χ4n) is 0.421. The van der Waals surface area contributed by atoms with Crippen molar-refractivity contribution in [1.82, 2.24) is 0 Å². The van der Waals surface area contributed by atoms with Gasteiger partial charge in [0.15, 0.2) is 0 Å².